The van der Waals surface area contributed by atoms with Gasteiger partial charge in [0.2, 0.25) is 0 Å². The van der Waals surface area contributed by atoms with Gasteiger partial charge in [-0.05, 0) is 73.2 Å². The number of ether oxygens (including phenoxy) is 3. The molecule has 6 nitrogen and oxygen atoms in total. The van der Waals surface area contributed by atoms with Gasteiger partial charge < -0.3 is 29.9 Å². The molecule has 57 heavy (non-hydrogen) atoms. The van der Waals surface area contributed by atoms with Crippen LogP contribution in [0.1, 0.15) is 223 Å². The number of rotatable bonds is 37. The predicted octanol–water partition coefficient (Wildman–Crippen LogP) is 11.8. The summed E-state index contributed by atoms with van der Waals surface area (Å²) in [4.78, 5) is 0. The van der Waals surface area contributed by atoms with Crippen molar-refractivity contribution < 1.29 is 81.3 Å². The Hall–Kier alpha value is -0.484. The average Bonchev–Trinajstić information content (AvgIpc) is 3.20. The molecule has 2 rings (SSSR count). The molecule has 0 saturated carbocycles. The molecule has 326 valence electrons. The molecule has 0 heterocycles. The summed E-state index contributed by atoms with van der Waals surface area (Å²) in [6, 6.07) is 11.9. The zero-order valence-corrected chi connectivity index (χ0v) is 41.2. The van der Waals surface area contributed by atoms with Gasteiger partial charge >= 0.3 is 51.4 Å². The number of hydrogen-bond acceptors (Lipinski definition) is 6. The minimum atomic E-state index is -0.0247. The van der Waals surface area contributed by atoms with E-state index in [0.717, 1.165) is 48.7 Å². The molecular weight excluding hydrogens is 736 g/mol. The third-order valence-electron chi connectivity index (χ3n) is 10.5. The monoisotopic (exact) mass is 825 g/mol. The molecule has 0 aromatic heterocycles. The number of hydrogen-bond donors (Lipinski definition) is 2. The standard InChI is InChI=1S/C26H46O2.C24H42O3.K.H2O/c1-4-6-7-8-9-10-11-12-13-14-15-16-17-18-19-28-26-21-24(3)20-25(22-26)23-27-5-2;1-2-3-4-5-6-7-8-9-10-11-12-13-14-15-16-27-24-18-22(20-25)17-23(19-24)21-26;;/h20-22H,4-19,23H2,1-3H3;17-19,25-26H,2-16,20-21H2,1H3;;1H2/q;;+1;/p-1. The van der Waals surface area contributed by atoms with Crippen LogP contribution >= 0.6 is 0 Å². The van der Waals surface area contributed by atoms with Gasteiger partial charge in [-0.15, -0.1) is 0 Å². The van der Waals surface area contributed by atoms with Crippen molar-refractivity contribution in [1.82, 2.24) is 0 Å². The summed E-state index contributed by atoms with van der Waals surface area (Å²) in [5.74, 6) is 1.74. The molecule has 3 N–H and O–H groups in total. The van der Waals surface area contributed by atoms with Crippen LogP contribution in [0.5, 0.6) is 11.5 Å². The Morgan fingerprint density at radius 1 is 0.404 bits per heavy atom. The number of aryl methyl sites for hydroxylation is 1. The molecule has 0 aliphatic carbocycles. The summed E-state index contributed by atoms with van der Waals surface area (Å²) in [5, 5.41) is 18.5. The molecule has 0 atom stereocenters. The fourth-order valence-corrected chi connectivity index (χ4v) is 7.18. The first-order valence-electron chi connectivity index (χ1n) is 23.3. The van der Waals surface area contributed by atoms with Crippen LogP contribution in [-0.2, 0) is 24.6 Å². The predicted molar refractivity (Wildman–Crippen MR) is 238 cm³/mol. The van der Waals surface area contributed by atoms with Gasteiger partial charge in [0.15, 0.2) is 0 Å². The molecule has 0 saturated heterocycles. The number of benzene rings is 2. The first-order chi connectivity index (χ1) is 27.1. The van der Waals surface area contributed by atoms with E-state index in [1.165, 1.54) is 178 Å². The van der Waals surface area contributed by atoms with Crippen LogP contribution in [0.4, 0.5) is 0 Å². The molecule has 0 radical (unpaired) electrons. The maximum Gasteiger partial charge on any atom is 1.00 e. The molecule has 2 aromatic rings. The van der Waals surface area contributed by atoms with Crippen LogP contribution in [0.15, 0.2) is 36.4 Å². The normalized spacial score (nSPS) is 10.7. The molecule has 2 aromatic carbocycles. The van der Waals surface area contributed by atoms with E-state index in [9.17, 15) is 10.2 Å². The van der Waals surface area contributed by atoms with Crippen molar-refractivity contribution in [3.8, 4) is 11.5 Å². The van der Waals surface area contributed by atoms with Gasteiger partial charge in [0.05, 0.1) is 33.0 Å². The van der Waals surface area contributed by atoms with Crippen LogP contribution in [-0.4, -0.2) is 35.5 Å². The summed E-state index contributed by atoms with van der Waals surface area (Å²) in [7, 11) is 0. The third kappa shape index (κ3) is 37.0. The SMILES string of the molecule is CCCCCCCCCCCCCCCCOc1cc(C)cc(COCC)c1.CCCCCCCCCCCCCCCCOc1cc(CO)cc(CO)c1.[K+].[OH-]. The number of aliphatic hydroxyl groups is 2. The molecule has 0 bridgehead atoms. The third-order valence-corrected chi connectivity index (χ3v) is 10.5. The average molecular weight is 825 g/mol. The Labute approximate surface area is 395 Å². The van der Waals surface area contributed by atoms with Crippen LogP contribution in [0.3, 0.4) is 0 Å². The first-order valence-corrected chi connectivity index (χ1v) is 23.3. The Bertz CT molecular complexity index is 1090. The molecule has 0 aliphatic rings. The molecule has 0 spiro atoms. The number of unbranched alkanes of at least 4 members (excludes halogenated alkanes) is 26. The van der Waals surface area contributed by atoms with Crippen molar-refractivity contribution in [2.75, 3.05) is 19.8 Å². The van der Waals surface area contributed by atoms with Gasteiger partial charge in [0, 0.05) is 6.61 Å². The van der Waals surface area contributed by atoms with Crippen molar-refractivity contribution in [2.24, 2.45) is 0 Å². The summed E-state index contributed by atoms with van der Waals surface area (Å²) >= 11 is 0. The second kappa shape index (κ2) is 45.1. The maximum absolute atomic E-state index is 9.25. The van der Waals surface area contributed by atoms with E-state index in [0.29, 0.717) is 13.2 Å². The van der Waals surface area contributed by atoms with E-state index >= 15 is 0 Å². The minimum Gasteiger partial charge on any atom is -0.870 e. The van der Waals surface area contributed by atoms with Crippen molar-refractivity contribution in [1.29, 1.82) is 0 Å². The van der Waals surface area contributed by atoms with Gasteiger partial charge in [0.25, 0.3) is 0 Å². The second-order valence-electron chi connectivity index (χ2n) is 16.0. The second-order valence-corrected chi connectivity index (χ2v) is 16.0. The van der Waals surface area contributed by atoms with Gasteiger partial charge in [-0.2, -0.15) is 0 Å². The maximum atomic E-state index is 9.25. The molecule has 7 heteroatoms. The van der Waals surface area contributed by atoms with E-state index in [-0.39, 0.29) is 70.1 Å². The van der Waals surface area contributed by atoms with Crippen LogP contribution in [0.2, 0.25) is 0 Å². The van der Waals surface area contributed by atoms with Crippen LogP contribution in [0.25, 0.3) is 0 Å². The first kappa shape index (κ1) is 58.6. The van der Waals surface area contributed by atoms with E-state index in [1.54, 1.807) is 6.07 Å². The molecule has 0 fully saturated rings. The zero-order chi connectivity index (χ0) is 39.9. The summed E-state index contributed by atoms with van der Waals surface area (Å²) < 4.78 is 17.2. The Morgan fingerprint density at radius 2 is 0.719 bits per heavy atom. The van der Waals surface area contributed by atoms with Crippen LogP contribution < -0.4 is 60.9 Å². The quantitative estimate of drug-likeness (QED) is 0.0520. The molecule has 0 aliphatic heterocycles. The van der Waals surface area contributed by atoms with E-state index < -0.39 is 0 Å². The van der Waals surface area contributed by atoms with E-state index in [1.807, 2.05) is 19.1 Å². The minimum absolute atomic E-state index is 0. The molecular formula is C50H89KO6. The van der Waals surface area contributed by atoms with E-state index in [4.69, 9.17) is 14.2 Å². The smallest absolute Gasteiger partial charge is 0.870 e. The fraction of sp³-hybridized carbons (Fsp3) is 0.760. The Kier molecular flexibility index (Phi) is 46.3. The summed E-state index contributed by atoms with van der Waals surface area (Å²) in [6.45, 7) is 11.6. The van der Waals surface area contributed by atoms with Gasteiger partial charge in [-0.3, -0.25) is 0 Å². The topological polar surface area (TPSA) is 98.2 Å². The fourth-order valence-electron chi connectivity index (χ4n) is 7.18. The van der Waals surface area contributed by atoms with Crippen molar-refractivity contribution in [3.05, 3.63) is 58.7 Å². The van der Waals surface area contributed by atoms with Crippen molar-refractivity contribution in [2.45, 2.75) is 227 Å². The van der Waals surface area contributed by atoms with Crippen molar-refractivity contribution >= 4 is 0 Å². The molecule has 0 amide bonds. The summed E-state index contributed by atoms with van der Waals surface area (Å²) in [5.41, 5.74) is 4.03. The Balaban J connectivity index is 0. The largest absolute Gasteiger partial charge is 1.00 e. The molecule has 0 unspecified atom stereocenters. The van der Waals surface area contributed by atoms with Gasteiger partial charge in [0.1, 0.15) is 11.5 Å². The van der Waals surface area contributed by atoms with E-state index in [2.05, 4.69) is 39.0 Å². The van der Waals surface area contributed by atoms with Crippen molar-refractivity contribution in [3.63, 3.8) is 0 Å². The number of aliphatic hydroxyl groups excluding tert-OH is 2. The zero-order valence-electron chi connectivity index (χ0n) is 38.1. The Morgan fingerprint density at radius 3 is 1.05 bits per heavy atom. The van der Waals surface area contributed by atoms with Gasteiger partial charge in [-0.1, -0.05) is 193 Å². The summed E-state index contributed by atoms with van der Waals surface area (Å²) in [6.07, 6.45) is 38.4. The van der Waals surface area contributed by atoms with Gasteiger partial charge in [-0.25, -0.2) is 0 Å². The van der Waals surface area contributed by atoms with Crippen LogP contribution in [0, 0.1) is 6.92 Å².